The van der Waals surface area contributed by atoms with Crippen LogP contribution in [0.2, 0.25) is 0 Å². The molecule has 2 N–H and O–H groups in total. The summed E-state index contributed by atoms with van der Waals surface area (Å²) < 4.78 is 11.2. The number of hydrogen-bond donors (Lipinski definition) is 1. The quantitative estimate of drug-likeness (QED) is 0.206. The van der Waals surface area contributed by atoms with Gasteiger partial charge in [0.1, 0.15) is 18.1 Å². The highest BCUT2D eigenvalue weighted by Crippen LogP contribution is 2.21. The zero-order valence-corrected chi connectivity index (χ0v) is 16.3. The van der Waals surface area contributed by atoms with Gasteiger partial charge in [-0.1, -0.05) is 17.3 Å². The third kappa shape index (κ3) is 5.02. The molecule has 154 valence electrons. The Morgan fingerprint density at radius 1 is 1.13 bits per heavy atom. The van der Waals surface area contributed by atoms with E-state index < -0.39 is 10.9 Å². The molecule has 0 saturated heterocycles. The van der Waals surface area contributed by atoms with Crippen LogP contribution in [-0.2, 0) is 11.4 Å². The average Bonchev–Trinajstić information content (AvgIpc) is 3.21. The lowest BCUT2D eigenvalue weighted by molar-refractivity contribution is -0.384. The molecule has 1 heterocycles. The van der Waals surface area contributed by atoms with E-state index in [0.29, 0.717) is 11.3 Å². The van der Waals surface area contributed by atoms with Crippen molar-refractivity contribution in [3.63, 3.8) is 0 Å². The lowest BCUT2D eigenvalue weighted by atomic mass is 10.1. The van der Waals surface area contributed by atoms with Crippen LogP contribution >= 0.6 is 0 Å². The number of benzene rings is 2. The molecule has 30 heavy (non-hydrogen) atoms. The number of nitrogens with zero attached hydrogens (tertiary/aromatic N) is 2. The van der Waals surface area contributed by atoms with Gasteiger partial charge in [0.05, 0.1) is 4.92 Å². The number of carbonyl (C=O) groups is 1. The van der Waals surface area contributed by atoms with Crippen LogP contribution in [0.25, 0.3) is 0 Å². The lowest BCUT2D eigenvalue weighted by Crippen LogP contribution is -2.15. The molecular formula is C21H19N3O6. The number of carbonyl (C=O) groups excluding carboxylic acids is 1. The van der Waals surface area contributed by atoms with Gasteiger partial charge in [0.15, 0.2) is 5.84 Å². The van der Waals surface area contributed by atoms with Gasteiger partial charge in [-0.25, -0.2) is 4.79 Å². The third-order valence-corrected chi connectivity index (χ3v) is 4.18. The Balaban J connectivity index is 1.59. The average molecular weight is 409 g/mol. The largest absolute Gasteiger partial charge is 0.485 e. The first-order chi connectivity index (χ1) is 14.3. The van der Waals surface area contributed by atoms with Gasteiger partial charge in [-0.05, 0) is 55.3 Å². The van der Waals surface area contributed by atoms with Gasteiger partial charge >= 0.3 is 5.97 Å². The van der Waals surface area contributed by atoms with Crippen molar-refractivity contribution in [2.75, 3.05) is 0 Å². The number of nitro benzene ring substituents is 1. The first-order valence-electron chi connectivity index (χ1n) is 8.92. The molecule has 3 aromatic rings. The molecule has 1 aromatic heterocycles. The summed E-state index contributed by atoms with van der Waals surface area (Å²) in [5, 5.41) is 14.2. The minimum atomic E-state index is -0.835. The fourth-order valence-electron chi connectivity index (χ4n) is 2.52. The SMILES string of the molecule is Cc1ccc(C)c(OCc2ccc(C(=O)O/N=C(\N)c3ccc([N+](=O)[O-])cc3)o2)c1. The van der Waals surface area contributed by atoms with Gasteiger partial charge in [0.2, 0.25) is 5.76 Å². The van der Waals surface area contributed by atoms with E-state index in [2.05, 4.69) is 5.16 Å². The van der Waals surface area contributed by atoms with Crippen molar-refractivity contribution in [3.05, 3.63) is 92.9 Å². The monoisotopic (exact) mass is 409 g/mol. The van der Waals surface area contributed by atoms with E-state index in [1.54, 1.807) is 6.07 Å². The summed E-state index contributed by atoms with van der Waals surface area (Å²) in [4.78, 5) is 27.0. The molecule has 9 heteroatoms. The molecule has 2 aromatic carbocycles. The number of furan rings is 1. The van der Waals surface area contributed by atoms with Crippen LogP contribution in [-0.4, -0.2) is 16.7 Å². The maximum atomic E-state index is 12.1. The molecule has 0 fully saturated rings. The molecule has 0 spiro atoms. The molecule has 0 atom stereocenters. The molecule has 0 bridgehead atoms. The van der Waals surface area contributed by atoms with E-state index >= 15 is 0 Å². The highest BCUT2D eigenvalue weighted by atomic mass is 16.7. The second-order valence-electron chi connectivity index (χ2n) is 6.48. The van der Waals surface area contributed by atoms with E-state index in [0.717, 1.165) is 16.9 Å². The van der Waals surface area contributed by atoms with E-state index in [-0.39, 0.29) is 23.9 Å². The molecule has 0 aliphatic heterocycles. The van der Waals surface area contributed by atoms with Gasteiger partial charge in [-0.15, -0.1) is 0 Å². The van der Waals surface area contributed by atoms with Crippen LogP contribution in [0.3, 0.4) is 0 Å². The van der Waals surface area contributed by atoms with Crippen LogP contribution in [0.4, 0.5) is 5.69 Å². The lowest BCUT2D eigenvalue weighted by Gasteiger charge is -2.08. The predicted octanol–water partition coefficient (Wildman–Crippen LogP) is 3.86. The molecule has 0 saturated carbocycles. The van der Waals surface area contributed by atoms with Gasteiger partial charge in [0.25, 0.3) is 5.69 Å². The number of ether oxygens (including phenoxy) is 1. The van der Waals surface area contributed by atoms with Crippen LogP contribution < -0.4 is 10.5 Å². The predicted molar refractivity (Wildman–Crippen MR) is 108 cm³/mol. The number of non-ortho nitro benzene ring substituents is 1. The van der Waals surface area contributed by atoms with Crippen molar-refractivity contribution < 1.29 is 23.7 Å². The zero-order chi connectivity index (χ0) is 21.7. The molecule has 9 nitrogen and oxygen atoms in total. The van der Waals surface area contributed by atoms with E-state index in [1.807, 2.05) is 32.0 Å². The summed E-state index contributed by atoms with van der Waals surface area (Å²) in [7, 11) is 0. The molecule has 0 unspecified atom stereocenters. The zero-order valence-electron chi connectivity index (χ0n) is 16.3. The van der Waals surface area contributed by atoms with Crippen molar-refractivity contribution in [2.24, 2.45) is 10.9 Å². The summed E-state index contributed by atoms with van der Waals surface area (Å²) in [6.07, 6.45) is 0. The molecule has 0 amide bonds. The normalized spacial score (nSPS) is 11.2. The number of rotatable bonds is 7. The summed E-state index contributed by atoms with van der Waals surface area (Å²) in [6, 6.07) is 14.3. The number of hydrogen-bond acceptors (Lipinski definition) is 7. The number of aryl methyl sites for hydroxylation is 2. The molecule has 0 radical (unpaired) electrons. The summed E-state index contributed by atoms with van der Waals surface area (Å²) in [6.45, 7) is 4.05. The second kappa shape index (κ2) is 8.91. The Hall–Kier alpha value is -4.14. The Kier molecular flexibility index (Phi) is 6.11. The second-order valence-corrected chi connectivity index (χ2v) is 6.48. The highest BCUT2D eigenvalue weighted by Gasteiger charge is 2.15. The van der Waals surface area contributed by atoms with Gasteiger partial charge in [-0.3, -0.25) is 10.1 Å². The van der Waals surface area contributed by atoms with Crippen molar-refractivity contribution in [1.29, 1.82) is 0 Å². The molecule has 0 aliphatic carbocycles. The number of amidine groups is 1. The van der Waals surface area contributed by atoms with Crippen molar-refractivity contribution in [2.45, 2.75) is 20.5 Å². The van der Waals surface area contributed by atoms with Gasteiger partial charge in [0, 0.05) is 17.7 Å². The van der Waals surface area contributed by atoms with Gasteiger partial charge in [-0.2, -0.15) is 0 Å². The Morgan fingerprint density at radius 2 is 1.87 bits per heavy atom. The van der Waals surface area contributed by atoms with Gasteiger partial charge < -0.3 is 19.7 Å². The number of nitrogens with two attached hydrogens (primary N) is 1. The molecule has 3 rings (SSSR count). The topological polar surface area (TPSA) is 130 Å². The first-order valence-corrected chi connectivity index (χ1v) is 8.92. The fourth-order valence-corrected chi connectivity index (χ4v) is 2.52. The van der Waals surface area contributed by atoms with E-state index in [9.17, 15) is 14.9 Å². The van der Waals surface area contributed by atoms with Crippen molar-refractivity contribution in [1.82, 2.24) is 0 Å². The van der Waals surface area contributed by atoms with Crippen molar-refractivity contribution >= 4 is 17.5 Å². The summed E-state index contributed by atoms with van der Waals surface area (Å²) in [5.41, 5.74) is 8.09. The summed E-state index contributed by atoms with van der Waals surface area (Å²) in [5.74, 6) is 0.169. The molecule has 0 aliphatic rings. The molecular weight excluding hydrogens is 390 g/mol. The smallest absolute Gasteiger partial charge is 0.400 e. The standard InChI is InChI=1S/C21H19N3O6/c1-13-3-4-14(2)19(11-13)28-12-17-9-10-18(29-17)21(25)30-23-20(22)15-5-7-16(8-6-15)24(26)27/h3-11H,12H2,1-2H3,(H2,22,23). The van der Waals surface area contributed by atoms with Crippen LogP contribution in [0, 0.1) is 24.0 Å². The fraction of sp³-hybridized carbons (Fsp3) is 0.143. The number of nitro groups is 1. The minimum absolute atomic E-state index is 0.0604. The van der Waals surface area contributed by atoms with Crippen LogP contribution in [0.15, 0.2) is 64.2 Å². The maximum Gasteiger partial charge on any atom is 0.400 e. The Morgan fingerprint density at radius 3 is 2.57 bits per heavy atom. The number of oxime groups is 1. The van der Waals surface area contributed by atoms with Crippen LogP contribution in [0.5, 0.6) is 5.75 Å². The van der Waals surface area contributed by atoms with E-state index in [1.165, 1.54) is 30.3 Å². The Bertz CT molecular complexity index is 1100. The van der Waals surface area contributed by atoms with E-state index in [4.69, 9.17) is 19.7 Å². The van der Waals surface area contributed by atoms with Crippen LogP contribution in [0.1, 0.15) is 33.0 Å². The van der Waals surface area contributed by atoms with Crippen molar-refractivity contribution in [3.8, 4) is 5.75 Å². The summed E-state index contributed by atoms with van der Waals surface area (Å²) >= 11 is 0. The Labute approximate surface area is 171 Å². The maximum absolute atomic E-state index is 12.1. The first kappa shape index (κ1) is 20.6. The minimum Gasteiger partial charge on any atom is -0.485 e. The third-order valence-electron chi connectivity index (χ3n) is 4.18. The highest BCUT2D eigenvalue weighted by molar-refractivity contribution is 5.98.